The largest absolute Gasteiger partial charge is 0.344 e. The SMILES string of the molecule is CCCN(C(=O)c1c[nH]c2ncc(-c3ccc(S(=O)(=O)C(C)C)cc3)nc12)C1CCCCC1. The van der Waals surface area contributed by atoms with Crippen LogP contribution in [-0.2, 0) is 9.84 Å². The number of hydrogen-bond donors (Lipinski definition) is 1. The first-order valence-electron chi connectivity index (χ1n) is 11.8. The van der Waals surface area contributed by atoms with E-state index in [-0.39, 0.29) is 16.8 Å². The van der Waals surface area contributed by atoms with Crippen molar-refractivity contribution in [1.29, 1.82) is 0 Å². The van der Waals surface area contributed by atoms with Gasteiger partial charge in [0.2, 0.25) is 0 Å². The van der Waals surface area contributed by atoms with Crippen LogP contribution in [-0.4, -0.2) is 52.0 Å². The molecule has 1 aliphatic carbocycles. The lowest BCUT2D eigenvalue weighted by Crippen LogP contribution is -2.41. The highest BCUT2D eigenvalue weighted by Gasteiger charge is 2.28. The summed E-state index contributed by atoms with van der Waals surface area (Å²) in [6, 6.07) is 6.97. The standard InChI is InChI=1S/C25H32N4O3S/c1-4-14-29(19-8-6-5-7-9-19)25(30)21-15-26-24-23(21)28-22(16-27-24)18-10-12-20(13-11-18)33(31,32)17(2)3/h10-13,15-17,19H,4-9,14H2,1-3H3,(H,26,27). The first kappa shape index (κ1) is 23.4. The van der Waals surface area contributed by atoms with Gasteiger partial charge in [0.1, 0.15) is 5.52 Å². The van der Waals surface area contributed by atoms with Crippen molar-refractivity contribution >= 4 is 26.9 Å². The molecule has 1 amide bonds. The van der Waals surface area contributed by atoms with Gasteiger partial charge in [-0.25, -0.2) is 18.4 Å². The molecule has 0 saturated heterocycles. The number of rotatable bonds is 7. The van der Waals surface area contributed by atoms with Crippen molar-refractivity contribution in [1.82, 2.24) is 19.9 Å². The van der Waals surface area contributed by atoms with Gasteiger partial charge in [-0.05, 0) is 45.2 Å². The summed E-state index contributed by atoms with van der Waals surface area (Å²) in [7, 11) is -3.34. The third-order valence-electron chi connectivity index (χ3n) is 6.45. The smallest absolute Gasteiger partial charge is 0.257 e. The summed E-state index contributed by atoms with van der Waals surface area (Å²) in [4.78, 5) is 28.2. The Kier molecular flexibility index (Phi) is 6.83. The van der Waals surface area contributed by atoms with Crippen molar-refractivity contribution < 1.29 is 13.2 Å². The normalized spacial score (nSPS) is 15.3. The van der Waals surface area contributed by atoms with E-state index in [0.717, 1.165) is 31.4 Å². The van der Waals surface area contributed by atoms with Gasteiger partial charge in [0.25, 0.3) is 5.91 Å². The zero-order chi connectivity index (χ0) is 23.6. The van der Waals surface area contributed by atoms with Crippen LogP contribution in [0, 0.1) is 0 Å². The summed E-state index contributed by atoms with van der Waals surface area (Å²) >= 11 is 0. The van der Waals surface area contributed by atoms with Crippen molar-refractivity contribution in [2.45, 2.75) is 75.5 Å². The third kappa shape index (κ3) is 4.67. The number of nitrogens with one attached hydrogen (secondary N) is 1. The van der Waals surface area contributed by atoms with E-state index in [4.69, 9.17) is 4.98 Å². The molecule has 7 nitrogen and oxygen atoms in total. The minimum atomic E-state index is -3.34. The lowest BCUT2D eigenvalue weighted by Gasteiger charge is -2.34. The van der Waals surface area contributed by atoms with Crippen LogP contribution in [0.3, 0.4) is 0 Å². The highest BCUT2D eigenvalue weighted by Crippen LogP contribution is 2.27. The van der Waals surface area contributed by atoms with E-state index in [2.05, 4.69) is 16.9 Å². The Morgan fingerprint density at radius 1 is 1.15 bits per heavy atom. The van der Waals surface area contributed by atoms with Gasteiger partial charge in [-0.3, -0.25) is 4.79 Å². The maximum absolute atomic E-state index is 13.5. The van der Waals surface area contributed by atoms with E-state index < -0.39 is 15.1 Å². The molecule has 1 N–H and O–H groups in total. The van der Waals surface area contributed by atoms with Gasteiger partial charge in [0.05, 0.1) is 27.6 Å². The second-order valence-electron chi connectivity index (χ2n) is 9.06. The van der Waals surface area contributed by atoms with Crippen LogP contribution in [0.15, 0.2) is 41.6 Å². The molecule has 2 heterocycles. The molecule has 1 saturated carbocycles. The van der Waals surface area contributed by atoms with Crippen LogP contribution in [0.4, 0.5) is 0 Å². The number of H-pyrrole nitrogens is 1. The Balaban J connectivity index is 1.67. The van der Waals surface area contributed by atoms with Crippen LogP contribution < -0.4 is 0 Å². The molecule has 0 aliphatic heterocycles. The minimum Gasteiger partial charge on any atom is -0.344 e. The third-order valence-corrected chi connectivity index (χ3v) is 8.62. The summed E-state index contributed by atoms with van der Waals surface area (Å²) < 4.78 is 24.8. The number of benzene rings is 1. The Hall–Kier alpha value is -2.74. The molecule has 3 aromatic rings. The molecule has 0 radical (unpaired) electrons. The van der Waals surface area contributed by atoms with E-state index in [9.17, 15) is 13.2 Å². The number of aromatic nitrogens is 3. The lowest BCUT2D eigenvalue weighted by atomic mass is 9.93. The molecule has 1 aromatic carbocycles. The summed E-state index contributed by atoms with van der Waals surface area (Å²) in [6.45, 7) is 6.17. The lowest BCUT2D eigenvalue weighted by molar-refractivity contribution is 0.0636. The predicted octanol–water partition coefficient (Wildman–Crippen LogP) is 4.99. The van der Waals surface area contributed by atoms with Gasteiger partial charge in [-0.1, -0.05) is 38.3 Å². The molecule has 4 rings (SSSR count). The van der Waals surface area contributed by atoms with Crippen LogP contribution in [0.1, 0.15) is 69.7 Å². The fourth-order valence-corrected chi connectivity index (χ4v) is 5.58. The molecule has 176 valence electrons. The molecule has 1 aliphatic rings. The molecule has 0 unspecified atom stereocenters. The van der Waals surface area contributed by atoms with Crippen molar-refractivity contribution in [2.24, 2.45) is 0 Å². The van der Waals surface area contributed by atoms with E-state index in [1.54, 1.807) is 50.5 Å². The summed E-state index contributed by atoms with van der Waals surface area (Å²) in [6.07, 6.45) is 9.94. The molecule has 0 atom stereocenters. The number of aromatic amines is 1. The van der Waals surface area contributed by atoms with Gasteiger partial charge < -0.3 is 9.88 Å². The molecule has 2 aromatic heterocycles. The Morgan fingerprint density at radius 3 is 2.48 bits per heavy atom. The molecular formula is C25H32N4O3S. The monoisotopic (exact) mass is 468 g/mol. The Morgan fingerprint density at radius 2 is 1.85 bits per heavy atom. The van der Waals surface area contributed by atoms with Crippen LogP contribution in [0.5, 0.6) is 0 Å². The number of nitrogens with zero attached hydrogens (tertiary/aromatic N) is 3. The summed E-state index contributed by atoms with van der Waals surface area (Å²) in [5.74, 6) is -0.000162. The van der Waals surface area contributed by atoms with Crippen molar-refractivity contribution in [2.75, 3.05) is 6.54 Å². The fourth-order valence-electron chi connectivity index (χ4n) is 4.52. The predicted molar refractivity (Wildman–Crippen MR) is 130 cm³/mol. The zero-order valence-corrected chi connectivity index (χ0v) is 20.4. The second-order valence-corrected chi connectivity index (χ2v) is 11.6. The van der Waals surface area contributed by atoms with Crippen LogP contribution in [0.25, 0.3) is 22.4 Å². The van der Waals surface area contributed by atoms with Gasteiger partial charge in [-0.2, -0.15) is 0 Å². The van der Waals surface area contributed by atoms with Crippen molar-refractivity contribution in [3.05, 3.63) is 42.2 Å². The summed E-state index contributed by atoms with van der Waals surface area (Å²) in [5.41, 5.74) is 3.01. The molecule has 33 heavy (non-hydrogen) atoms. The quantitative estimate of drug-likeness (QED) is 0.527. The van der Waals surface area contributed by atoms with Crippen LogP contribution in [0.2, 0.25) is 0 Å². The summed E-state index contributed by atoms with van der Waals surface area (Å²) in [5, 5.41) is -0.483. The fraction of sp³-hybridized carbons (Fsp3) is 0.480. The number of fused-ring (bicyclic) bond motifs is 1. The van der Waals surface area contributed by atoms with Crippen LogP contribution >= 0.6 is 0 Å². The topological polar surface area (TPSA) is 96.0 Å². The highest BCUT2D eigenvalue weighted by molar-refractivity contribution is 7.92. The van der Waals surface area contributed by atoms with E-state index in [0.29, 0.717) is 22.4 Å². The zero-order valence-electron chi connectivity index (χ0n) is 19.5. The second kappa shape index (κ2) is 9.63. The van der Waals surface area contributed by atoms with Gasteiger partial charge in [0.15, 0.2) is 15.5 Å². The number of carbonyl (C=O) groups excluding carboxylic acids is 1. The first-order valence-corrected chi connectivity index (χ1v) is 13.4. The number of carbonyl (C=O) groups is 1. The Bertz CT molecular complexity index is 1230. The molecule has 0 spiro atoms. The van der Waals surface area contributed by atoms with Gasteiger partial charge in [-0.15, -0.1) is 0 Å². The molecular weight excluding hydrogens is 436 g/mol. The average molecular weight is 469 g/mol. The maximum atomic E-state index is 13.5. The molecule has 1 fully saturated rings. The van der Waals surface area contributed by atoms with E-state index >= 15 is 0 Å². The highest BCUT2D eigenvalue weighted by atomic mass is 32.2. The van der Waals surface area contributed by atoms with E-state index in [1.165, 1.54) is 19.3 Å². The molecule has 8 heteroatoms. The van der Waals surface area contributed by atoms with Gasteiger partial charge in [0, 0.05) is 24.3 Å². The molecule has 0 bridgehead atoms. The maximum Gasteiger partial charge on any atom is 0.257 e. The van der Waals surface area contributed by atoms with Gasteiger partial charge >= 0.3 is 0 Å². The average Bonchev–Trinajstić information content (AvgIpc) is 3.26. The minimum absolute atomic E-state index is 0.000162. The van der Waals surface area contributed by atoms with E-state index in [1.807, 2.05) is 4.90 Å². The number of amides is 1. The number of sulfone groups is 1. The Labute approximate surface area is 195 Å². The first-order chi connectivity index (χ1) is 15.8. The number of hydrogen-bond acceptors (Lipinski definition) is 5. The van der Waals surface area contributed by atoms with Crippen molar-refractivity contribution in [3.63, 3.8) is 0 Å². The van der Waals surface area contributed by atoms with Crippen molar-refractivity contribution in [3.8, 4) is 11.3 Å².